The van der Waals surface area contributed by atoms with Crippen LogP contribution in [0.4, 0.5) is 5.69 Å². The Morgan fingerprint density at radius 1 is 1.02 bits per heavy atom. The van der Waals surface area contributed by atoms with Crippen LogP contribution in [0.15, 0.2) is 36.4 Å². The molecule has 9 nitrogen and oxygen atoms in total. The Morgan fingerprint density at radius 2 is 1.81 bits per heavy atom. The van der Waals surface area contributed by atoms with Crippen LogP contribution < -0.4 is 15.4 Å². The lowest BCUT2D eigenvalue weighted by atomic mass is 9.73. The van der Waals surface area contributed by atoms with Crippen LogP contribution in [0, 0.1) is 23.7 Å². The summed E-state index contributed by atoms with van der Waals surface area (Å²) in [6.07, 6.45) is 9.92. The number of nitrogens with zero attached hydrogens (tertiary/aromatic N) is 2. The minimum absolute atomic E-state index is 0.0625. The van der Waals surface area contributed by atoms with Gasteiger partial charge in [-0.3, -0.25) is 19.3 Å². The highest BCUT2D eigenvalue weighted by Crippen LogP contribution is 2.55. The molecule has 2 N–H and O–H groups in total. The lowest BCUT2D eigenvalue weighted by Gasteiger charge is -2.39. The number of carbonyl (C=O) groups is 3. The van der Waals surface area contributed by atoms with Crippen molar-refractivity contribution in [2.45, 2.75) is 89.1 Å². The number of methoxy groups -OCH3 is 1. The van der Waals surface area contributed by atoms with E-state index in [9.17, 15) is 14.4 Å². The maximum Gasteiger partial charge on any atom is 0.246 e. The number of nitrogens with one attached hydrogen (secondary N) is 2. The summed E-state index contributed by atoms with van der Waals surface area (Å²) in [5.74, 6) is -0.475. The summed E-state index contributed by atoms with van der Waals surface area (Å²) in [6.45, 7) is 8.83. The fraction of sp³-hybridized carbons (Fsp3) is 0.667. The van der Waals surface area contributed by atoms with Crippen molar-refractivity contribution >= 4 is 23.4 Å². The van der Waals surface area contributed by atoms with Gasteiger partial charge in [-0.1, -0.05) is 45.3 Å². The highest BCUT2D eigenvalue weighted by Gasteiger charge is 2.72. The Bertz CT molecular complexity index is 1220. The van der Waals surface area contributed by atoms with Gasteiger partial charge >= 0.3 is 0 Å². The molecular formula is C33H46N4O5. The molecule has 4 aliphatic heterocycles. The number of anilines is 1. The second kappa shape index (κ2) is 11.6. The number of amides is 3. The summed E-state index contributed by atoms with van der Waals surface area (Å²) in [5.41, 5.74) is -0.525. The van der Waals surface area contributed by atoms with Crippen molar-refractivity contribution in [3.05, 3.63) is 36.4 Å². The van der Waals surface area contributed by atoms with E-state index in [-0.39, 0.29) is 23.8 Å². The van der Waals surface area contributed by atoms with Crippen LogP contribution >= 0.6 is 0 Å². The molecule has 0 radical (unpaired) electrons. The molecule has 228 valence electrons. The molecule has 9 heteroatoms. The third kappa shape index (κ3) is 5.02. The lowest BCUT2D eigenvalue weighted by molar-refractivity contribution is -0.142. The molecule has 9 atom stereocenters. The van der Waals surface area contributed by atoms with E-state index in [0.717, 1.165) is 32.2 Å². The SMILES string of the molecule is COc1ccc(NC(=O)[C@@H]2[C@@H]3C=C[C@]4(O3)[C@@H]2C(=O)N(CCN2CCCC[C@@H]2C)[C@H]4C(=O)N[C@@H]2CCC[C@H](C)[C@H]2C)cc1. The molecule has 2 bridgehead atoms. The molecule has 42 heavy (non-hydrogen) atoms. The predicted molar refractivity (Wildman–Crippen MR) is 160 cm³/mol. The van der Waals surface area contributed by atoms with Crippen LogP contribution in [0.3, 0.4) is 0 Å². The van der Waals surface area contributed by atoms with Crippen LogP contribution in [-0.4, -0.2) is 84.1 Å². The summed E-state index contributed by atoms with van der Waals surface area (Å²) in [7, 11) is 1.59. The van der Waals surface area contributed by atoms with Gasteiger partial charge in [0.2, 0.25) is 17.7 Å². The molecule has 0 unspecified atom stereocenters. The summed E-state index contributed by atoms with van der Waals surface area (Å²) in [5, 5.41) is 6.34. The third-order valence-corrected chi connectivity index (χ3v) is 10.9. The molecule has 1 aromatic rings. The molecule has 6 rings (SSSR count). The number of piperidine rings is 1. The minimum atomic E-state index is -1.15. The van der Waals surface area contributed by atoms with E-state index in [0.29, 0.717) is 42.4 Å². The first-order valence-corrected chi connectivity index (χ1v) is 15.9. The third-order valence-electron chi connectivity index (χ3n) is 10.9. The summed E-state index contributed by atoms with van der Waals surface area (Å²) in [4.78, 5) is 46.5. The zero-order chi connectivity index (χ0) is 29.6. The molecule has 4 heterocycles. The number of fused-ring (bicyclic) bond motifs is 1. The zero-order valence-electron chi connectivity index (χ0n) is 25.4. The summed E-state index contributed by atoms with van der Waals surface area (Å²) in [6, 6.07) is 6.83. The first-order chi connectivity index (χ1) is 20.2. The van der Waals surface area contributed by atoms with Gasteiger partial charge < -0.3 is 25.0 Å². The first-order valence-electron chi connectivity index (χ1n) is 15.9. The fourth-order valence-electron chi connectivity index (χ4n) is 8.18. The minimum Gasteiger partial charge on any atom is -0.497 e. The van der Waals surface area contributed by atoms with Crippen molar-refractivity contribution in [1.29, 1.82) is 0 Å². The standard InChI is InChI=1S/C33H46N4O5/c1-20-8-7-10-25(22(20)3)35-31(39)29-33-16-15-26(42-33)27(30(38)34-23-11-13-24(41-4)14-12-23)28(33)32(40)37(29)19-18-36-17-6-5-9-21(36)2/h11-16,20-22,25-29H,5-10,17-19H2,1-4H3,(H,34,38)(H,35,39)/t20-,21-,22+,25+,26-,27+,28-,29-,33-/m0/s1. The van der Waals surface area contributed by atoms with Crippen LogP contribution in [0.2, 0.25) is 0 Å². The highest BCUT2D eigenvalue weighted by molar-refractivity contribution is 6.02. The van der Waals surface area contributed by atoms with Gasteiger partial charge in [0.1, 0.15) is 17.4 Å². The number of hydrogen-bond donors (Lipinski definition) is 2. The smallest absolute Gasteiger partial charge is 0.246 e. The van der Waals surface area contributed by atoms with Gasteiger partial charge in [-0.15, -0.1) is 0 Å². The van der Waals surface area contributed by atoms with E-state index in [2.05, 4.69) is 36.3 Å². The van der Waals surface area contributed by atoms with Gasteiger partial charge in [-0.2, -0.15) is 0 Å². The van der Waals surface area contributed by atoms with Gasteiger partial charge in [-0.25, -0.2) is 0 Å². The van der Waals surface area contributed by atoms with Crippen molar-refractivity contribution in [1.82, 2.24) is 15.1 Å². The second-order valence-corrected chi connectivity index (χ2v) is 13.2. The van der Waals surface area contributed by atoms with E-state index in [1.807, 2.05) is 12.2 Å². The Morgan fingerprint density at radius 3 is 2.55 bits per heavy atom. The van der Waals surface area contributed by atoms with Gasteiger partial charge in [0.05, 0.1) is 25.0 Å². The Hall–Kier alpha value is -2.91. The number of rotatable bonds is 8. The van der Waals surface area contributed by atoms with E-state index in [1.54, 1.807) is 36.3 Å². The quantitative estimate of drug-likeness (QED) is 0.458. The average Bonchev–Trinajstić information content (AvgIpc) is 3.62. The van der Waals surface area contributed by atoms with E-state index in [4.69, 9.17) is 9.47 Å². The number of likely N-dealkylation sites (tertiary alicyclic amines) is 2. The molecule has 4 fully saturated rings. The number of carbonyl (C=O) groups excluding carboxylic acids is 3. The van der Waals surface area contributed by atoms with Crippen molar-refractivity contribution in [2.24, 2.45) is 23.7 Å². The van der Waals surface area contributed by atoms with Crippen LogP contribution in [0.1, 0.15) is 59.3 Å². The fourth-order valence-corrected chi connectivity index (χ4v) is 8.18. The van der Waals surface area contributed by atoms with Crippen LogP contribution in [0.5, 0.6) is 5.75 Å². The Balaban J connectivity index is 1.27. The lowest BCUT2D eigenvalue weighted by Crippen LogP contribution is -2.58. The molecular weight excluding hydrogens is 532 g/mol. The molecule has 0 aromatic heterocycles. The second-order valence-electron chi connectivity index (χ2n) is 13.2. The number of ether oxygens (including phenoxy) is 2. The molecule has 5 aliphatic rings. The van der Waals surface area contributed by atoms with Crippen molar-refractivity contribution in [3.8, 4) is 5.75 Å². The maximum absolute atomic E-state index is 14.3. The molecule has 3 amide bonds. The van der Waals surface area contributed by atoms with Crippen LogP contribution in [-0.2, 0) is 19.1 Å². The summed E-state index contributed by atoms with van der Waals surface area (Å²) < 4.78 is 11.8. The number of benzene rings is 1. The van der Waals surface area contributed by atoms with Gasteiger partial charge in [0, 0.05) is 30.9 Å². The zero-order valence-corrected chi connectivity index (χ0v) is 25.4. The summed E-state index contributed by atoms with van der Waals surface area (Å²) >= 11 is 0. The average molecular weight is 579 g/mol. The van der Waals surface area contributed by atoms with Crippen molar-refractivity contribution in [3.63, 3.8) is 0 Å². The van der Waals surface area contributed by atoms with Gasteiger partial charge in [0.25, 0.3) is 0 Å². The predicted octanol–water partition coefficient (Wildman–Crippen LogP) is 3.60. The normalized spacial score (nSPS) is 37.5. The van der Waals surface area contributed by atoms with E-state index < -0.39 is 29.6 Å². The molecule has 1 saturated carbocycles. The van der Waals surface area contributed by atoms with Crippen molar-refractivity contribution in [2.75, 3.05) is 32.1 Å². The Labute approximate surface area is 249 Å². The van der Waals surface area contributed by atoms with Crippen LogP contribution in [0.25, 0.3) is 0 Å². The topological polar surface area (TPSA) is 100 Å². The van der Waals surface area contributed by atoms with E-state index in [1.165, 1.54) is 12.8 Å². The molecule has 1 spiro atoms. The van der Waals surface area contributed by atoms with Gasteiger partial charge in [0.15, 0.2) is 0 Å². The monoisotopic (exact) mass is 578 g/mol. The largest absolute Gasteiger partial charge is 0.497 e. The van der Waals surface area contributed by atoms with Crippen molar-refractivity contribution < 1.29 is 23.9 Å². The Kier molecular flexibility index (Phi) is 8.09. The first kappa shape index (κ1) is 29.2. The van der Waals surface area contributed by atoms with E-state index >= 15 is 0 Å². The highest BCUT2D eigenvalue weighted by atomic mass is 16.5. The molecule has 1 aromatic carbocycles. The maximum atomic E-state index is 14.3. The van der Waals surface area contributed by atoms with Gasteiger partial charge in [-0.05, 0) is 68.8 Å². The number of hydrogen-bond acceptors (Lipinski definition) is 6. The molecule has 1 aliphatic carbocycles. The molecule has 3 saturated heterocycles.